The highest BCUT2D eigenvalue weighted by Gasteiger charge is 2.73. The molecule has 2 aromatic rings. The fourth-order valence-electron chi connectivity index (χ4n) is 5.11. The van der Waals surface area contributed by atoms with Crippen LogP contribution >= 0.6 is 0 Å². The average Bonchev–Trinajstić information content (AvgIpc) is 3.33. The van der Waals surface area contributed by atoms with Crippen molar-refractivity contribution in [2.75, 3.05) is 7.05 Å². The van der Waals surface area contributed by atoms with E-state index in [0.29, 0.717) is 6.92 Å². The molecule has 0 aliphatic carbocycles. The summed E-state index contributed by atoms with van der Waals surface area (Å²) in [5.41, 5.74) is -4.72. The molecule has 2 aliphatic heterocycles. The number of carbonyl (C=O) groups excluding carboxylic acids is 3. The number of ether oxygens (including phenoxy) is 2. The lowest BCUT2D eigenvalue weighted by molar-refractivity contribution is -0.624. The van der Waals surface area contributed by atoms with Crippen LogP contribution in [0.4, 0.5) is 4.39 Å². The number of hydrogen-bond donors (Lipinski definition) is 13. The van der Waals surface area contributed by atoms with Crippen LogP contribution in [0, 0.1) is 5.82 Å². The number of morpholine rings is 1. The Kier molecular flexibility index (Phi) is 9.01. The molecule has 0 saturated carbocycles. The molecule has 13 N–H and O–H groups in total. The first-order chi connectivity index (χ1) is 21.8. The Labute approximate surface area is 267 Å². The van der Waals surface area contributed by atoms with Gasteiger partial charge in [0, 0.05) is 30.3 Å². The molecule has 20 nitrogen and oxygen atoms in total. The van der Waals surface area contributed by atoms with E-state index in [4.69, 9.17) is 4.74 Å². The lowest BCUT2D eigenvalue weighted by atomic mass is 9.91. The molecule has 2 amide bonds. The summed E-state index contributed by atoms with van der Waals surface area (Å²) < 4.78 is 25.0. The molecule has 2 heterocycles. The topological polar surface area (TPSA) is 331 Å². The summed E-state index contributed by atoms with van der Waals surface area (Å²) in [7, 11) is 0.897. The van der Waals surface area contributed by atoms with E-state index < -0.39 is 84.5 Å². The third-order valence-corrected chi connectivity index (χ3v) is 8.02. The maximum atomic E-state index is 15.2. The van der Waals surface area contributed by atoms with Crippen molar-refractivity contribution in [1.82, 2.24) is 15.1 Å². The first-order valence-corrected chi connectivity index (χ1v) is 13.5. The van der Waals surface area contributed by atoms with E-state index in [-0.39, 0.29) is 37.8 Å². The van der Waals surface area contributed by atoms with Crippen molar-refractivity contribution in [2.24, 2.45) is 0 Å². The molecule has 4 rings (SSSR count). The number of aldehydes is 1. The minimum atomic E-state index is -4.39. The van der Waals surface area contributed by atoms with Gasteiger partial charge in [0.2, 0.25) is 5.79 Å². The minimum absolute atomic E-state index is 0.106. The van der Waals surface area contributed by atoms with Crippen LogP contribution in [0.3, 0.4) is 0 Å². The predicted molar refractivity (Wildman–Crippen MR) is 145 cm³/mol. The van der Waals surface area contributed by atoms with Crippen molar-refractivity contribution in [2.45, 2.75) is 67.5 Å². The first-order valence-electron chi connectivity index (χ1n) is 13.5. The number of aliphatic hydroxyl groups is 12. The van der Waals surface area contributed by atoms with Gasteiger partial charge in [-0.3, -0.25) is 24.0 Å². The molecule has 0 aromatic heterocycles. The normalized spacial score (nSPS) is 23.3. The number of halogens is 1. The summed E-state index contributed by atoms with van der Waals surface area (Å²) in [6.45, 7) is -1.92. The van der Waals surface area contributed by atoms with Crippen LogP contribution in [-0.4, -0.2) is 137 Å². The summed E-state index contributed by atoms with van der Waals surface area (Å²) in [4.78, 5) is 37.0. The summed E-state index contributed by atoms with van der Waals surface area (Å²) in [6.07, 6.45) is -0.798. The van der Waals surface area contributed by atoms with Gasteiger partial charge in [0.1, 0.15) is 18.2 Å². The van der Waals surface area contributed by atoms with Gasteiger partial charge in [-0.2, -0.15) is 4.90 Å². The van der Waals surface area contributed by atoms with Gasteiger partial charge >= 0.3 is 11.9 Å². The van der Waals surface area contributed by atoms with Crippen molar-refractivity contribution in [1.29, 1.82) is 0 Å². The van der Waals surface area contributed by atoms with Crippen LogP contribution in [0.15, 0.2) is 36.4 Å². The standard InChI is InChI=1S/C27H32FN3O17/c1-21(35)25(41,42)31(26(43,44)27(45,46)48-21)9-13-6-7-14(17(28)8-13)11-47-18-5-3-4-15-16(18)10-30(19(15)33)23(38,20(34)29-2)24(39,40)22(36,37)12-32/h3-8,12,35-46H,9-11H2,1-2H3,(H,29,34). The van der Waals surface area contributed by atoms with E-state index in [1.807, 2.05) is 5.32 Å². The minimum Gasteiger partial charge on any atom is -0.488 e. The van der Waals surface area contributed by atoms with E-state index in [0.717, 1.165) is 25.2 Å². The van der Waals surface area contributed by atoms with Gasteiger partial charge in [-0.05, 0) is 30.7 Å². The number of nitrogens with zero attached hydrogens (tertiary/aromatic N) is 2. The van der Waals surface area contributed by atoms with E-state index in [9.17, 15) is 75.7 Å². The maximum Gasteiger partial charge on any atom is 0.354 e. The highest BCUT2D eigenvalue weighted by molar-refractivity contribution is 6.03. The van der Waals surface area contributed by atoms with Gasteiger partial charge in [0.25, 0.3) is 35.0 Å². The summed E-state index contributed by atoms with van der Waals surface area (Å²) in [6, 6.07) is 6.65. The fraction of sp³-hybridized carbons (Fsp3) is 0.444. The molecule has 48 heavy (non-hydrogen) atoms. The lowest BCUT2D eigenvalue weighted by Gasteiger charge is -2.56. The molecule has 0 radical (unpaired) electrons. The third-order valence-electron chi connectivity index (χ3n) is 8.02. The maximum absolute atomic E-state index is 15.2. The Morgan fingerprint density at radius 1 is 1.04 bits per heavy atom. The van der Waals surface area contributed by atoms with Crippen molar-refractivity contribution in [3.8, 4) is 5.75 Å². The number of rotatable bonds is 10. The largest absolute Gasteiger partial charge is 0.488 e. The van der Waals surface area contributed by atoms with Crippen molar-refractivity contribution in [3.05, 3.63) is 64.5 Å². The van der Waals surface area contributed by atoms with Gasteiger partial charge in [-0.1, -0.05) is 18.2 Å². The number of nitrogens with one attached hydrogen (secondary N) is 1. The van der Waals surface area contributed by atoms with Crippen LogP contribution in [0.2, 0.25) is 0 Å². The number of hydrogen-bond acceptors (Lipinski definition) is 18. The number of amides is 2. The van der Waals surface area contributed by atoms with Crippen LogP contribution in [0.5, 0.6) is 5.75 Å². The van der Waals surface area contributed by atoms with Gasteiger partial charge in [0.05, 0.1) is 6.54 Å². The molecule has 0 bridgehead atoms. The molecule has 2 aromatic carbocycles. The molecule has 2 aliphatic rings. The zero-order valence-corrected chi connectivity index (χ0v) is 24.8. The highest BCUT2D eigenvalue weighted by Crippen LogP contribution is 2.44. The number of likely N-dealkylation sites (N-methyl/N-ethyl adjacent to an activating group) is 1. The second-order valence-corrected chi connectivity index (χ2v) is 11.2. The fourth-order valence-corrected chi connectivity index (χ4v) is 5.11. The Hall–Kier alpha value is -3.78. The summed E-state index contributed by atoms with van der Waals surface area (Å²) in [5, 5.41) is 125. The van der Waals surface area contributed by atoms with Crippen LogP contribution in [0.25, 0.3) is 0 Å². The molecule has 1 saturated heterocycles. The predicted octanol–water partition coefficient (Wildman–Crippen LogP) is -6.19. The third kappa shape index (κ3) is 5.40. The Bertz CT molecular complexity index is 1600. The molecule has 0 spiro atoms. The first kappa shape index (κ1) is 37.0. The van der Waals surface area contributed by atoms with Crippen molar-refractivity contribution in [3.63, 3.8) is 0 Å². The van der Waals surface area contributed by atoms with Gasteiger partial charge in [-0.25, -0.2) is 4.39 Å². The van der Waals surface area contributed by atoms with Crippen LogP contribution in [0.1, 0.15) is 34.0 Å². The molecule has 264 valence electrons. The quantitative estimate of drug-likeness (QED) is 0.0815. The monoisotopic (exact) mass is 689 g/mol. The SMILES string of the molecule is CNC(=O)C(O)(N1Cc2c(OCc3ccc(CN4C(O)(O)C(C)(O)OC(O)(O)C4(O)O)cc3F)cccc2C1=O)C(O)(O)C(O)(O)C=O. The molecular formula is C27H32FN3O17. The van der Waals surface area contributed by atoms with E-state index in [1.54, 1.807) is 0 Å². The summed E-state index contributed by atoms with van der Waals surface area (Å²) in [5.74, 6) is -27.6. The Morgan fingerprint density at radius 3 is 2.23 bits per heavy atom. The van der Waals surface area contributed by atoms with E-state index in [2.05, 4.69) is 4.74 Å². The summed E-state index contributed by atoms with van der Waals surface area (Å²) >= 11 is 0. The average molecular weight is 690 g/mol. The van der Waals surface area contributed by atoms with Crippen LogP contribution in [-0.2, 0) is 34.0 Å². The Morgan fingerprint density at radius 2 is 1.67 bits per heavy atom. The highest BCUT2D eigenvalue weighted by atomic mass is 19.1. The molecule has 2 unspecified atom stereocenters. The number of benzene rings is 2. The van der Waals surface area contributed by atoms with Crippen molar-refractivity contribution >= 4 is 18.1 Å². The second-order valence-electron chi connectivity index (χ2n) is 11.2. The van der Waals surface area contributed by atoms with E-state index >= 15 is 4.39 Å². The number of carbonyl (C=O) groups is 3. The molecule has 1 fully saturated rings. The second kappa shape index (κ2) is 11.7. The zero-order chi connectivity index (χ0) is 36.5. The van der Waals surface area contributed by atoms with Crippen molar-refractivity contribution < 1.29 is 89.5 Å². The van der Waals surface area contributed by atoms with Gasteiger partial charge in [-0.15, -0.1) is 0 Å². The molecule has 21 heteroatoms. The van der Waals surface area contributed by atoms with Crippen LogP contribution < -0.4 is 10.1 Å². The molecule has 2 atom stereocenters. The zero-order valence-electron chi connectivity index (χ0n) is 24.8. The molecular weight excluding hydrogens is 657 g/mol. The number of fused-ring (bicyclic) bond motifs is 1. The smallest absolute Gasteiger partial charge is 0.354 e. The Balaban J connectivity index is 1.59. The lowest BCUT2D eigenvalue weighted by Crippen LogP contribution is -2.83. The van der Waals surface area contributed by atoms with E-state index in [1.165, 1.54) is 18.2 Å². The van der Waals surface area contributed by atoms with Gasteiger partial charge < -0.3 is 71.3 Å². The van der Waals surface area contributed by atoms with Gasteiger partial charge in [0.15, 0.2) is 6.29 Å².